The second-order valence-corrected chi connectivity index (χ2v) is 11.0. The van der Waals surface area contributed by atoms with Gasteiger partial charge in [0.25, 0.3) is 0 Å². The van der Waals surface area contributed by atoms with E-state index in [1.54, 1.807) is 43.5 Å². The number of hydrogen-bond acceptors (Lipinski definition) is 10. The van der Waals surface area contributed by atoms with Gasteiger partial charge in [0.15, 0.2) is 23.7 Å². The molecule has 2 aliphatic carbocycles. The van der Waals surface area contributed by atoms with Crippen LogP contribution in [0, 0.1) is 0 Å². The molecule has 0 amide bonds. The molecule has 2 bridgehead atoms. The van der Waals surface area contributed by atoms with E-state index in [0.29, 0.717) is 36.4 Å². The largest absolute Gasteiger partial charge is 0.493 e. The number of aliphatic hydroxyl groups is 2. The molecule has 2 heterocycles. The van der Waals surface area contributed by atoms with E-state index >= 15 is 0 Å². The summed E-state index contributed by atoms with van der Waals surface area (Å²) in [6, 6.07) is 11.8. The molecule has 1 saturated heterocycles. The van der Waals surface area contributed by atoms with Crippen LogP contribution in [0.4, 0.5) is 0 Å². The van der Waals surface area contributed by atoms with E-state index in [9.17, 15) is 24.6 Å². The Morgan fingerprint density at radius 2 is 1.90 bits per heavy atom. The number of hydrogen-bond donors (Lipinski definition) is 3. The van der Waals surface area contributed by atoms with Gasteiger partial charge in [-0.15, -0.1) is 12.4 Å². The Morgan fingerprint density at radius 3 is 2.60 bits per heavy atom. The van der Waals surface area contributed by atoms with Crippen LogP contribution in [0.25, 0.3) is 0 Å². The fourth-order valence-corrected chi connectivity index (χ4v) is 7.06. The van der Waals surface area contributed by atoms with Gasteiger partial charge in [0.05, 0.1) is 24.5 Å². The van der Waals surface area contributed by atoms with Crippen molar-refractivity contribution >= 4 is 30.3 Å². The molecule has 2 aliphatic heterocycles. The lowest BCUT2D eigenvalue weighted by molar-refractivity contribution is -0.177. The van der Waals surface area contributed by atoms with E-state index in [-0.39, 0.29) is 30.6 Å². The molecule has 12 heteroatoms. The Hall–Kier alpha value is -3.64. The number of likely N-dealkylation sites (tertiary alicyclic amines) is 1. The van der Waals surface area contributed by atoms with Gasteiger partial charge in [0.2, 0.25) is 6.10 Å². The minimum atomic E-state index is -1.98. The molecule has 1 unspecified atom stereocenters. The summed E-state index contributed by atoms with van der Waals surface area (Å²) in [5.74, 6) is -2.36. The summed E-state index contributed by atoms with van der Waals surface area (Å²) >= 11 is 0. The van der Waals surface area contributed by atoms with Gasteiger partial charge in [0, 0.05) is 23.6 Å². The van der Waals surface area contributed by atoms with Crippen molar-refractivity contribution < 1.29 is 48.7 Å². The summed E-state index contributed by atoms with van der Waals surface area (Å²) in [6.45, 7) is 0.695. The van der Waals surface area contributed by atoms with Gasteiger partial charge in [-0.2, -0.15) is 0 Å². The van der Waals surface area contributed by atoms with Crippen LogP contribution in [0.2, 0.25) is 0 Å². The second-order valence-electron chi connectivity index (χ2n) is 11.0. The van der Waals surface area contributed by atoms with Gasteiger partial charge in [-0.3, -0.25) is 4.79 Å². The molecule has 0 aromatic heterocycles. The number of ether oxygens (including phenoxy) is 4. The van der Waals surface area contributed by atoms with Crippen LogP contribution in [-0.4, -0.2) is 82.7 Å². The summed E-state index contributed by atoms with van der Waals surface area (Å²) in [4.78, 5) is 39.3. The first-order valence-corrected chi connectivity index (χ1v) is 13.5. The van der Waals surface area contributed by atoms with Gasteiger partial charge in [-0.25, -0.2) is 9.59 Å². The number of aliphatic hydroxyl groups excluding tert-OH is 1. The number of esters is 2. The van der Waals surface area contributed by atoms with Crippen LogP contribution >= 0.6 is 12.4 Å². The third-order valence-corrected chi connectivity index (χ3v) is 8.99. The average molecular weight is 602 g/mol. The maximum absolute atomic E-state index is 13.6. The van der Waals surface area contributed by atoms with E-state index in [2.05, 4.69) is 4.90 Å². The standard InChI is InChI=1S/C30H31NO10.ClH/c1-31-13-12-29-23-17-8-9-19(38-2)25(23)41-26(29)20(10-11-30(29,37)21(31)14-17)39-28(36)24(16-6-4-3-5-7-16)40-22(33)15-18(32)27(34)35;/h3-10,18,21,24,26,32,37H,11-15H2,1-2H3,(H,34,35);1H/t18?,21-,24+,26+,29+,30-;/m1./s1. The number of carboxylic acids is 1. The van der Waals surface area contributed by atoms with E-state index < -0.39 is 53.7 Å². The van der Waals surface area contributed by atoms with E-state index in [0.717, 1.165) is 11.1 Å². The zero-order valence-corrected chi connectivity index (χ0v) is 23.8. The van der Waals surface area contributed by atoms with Crippen LogP contribution < -0.4 is 9.47 Å². The van der Waals surface area contributed by atoms with Crippen molar-refractivity contribution in [3.63, 3.8) is 0 Å². The molecule has 1 spiro atoms. The number of carboxylic acid groups (broad SMARTS) is 1. The first kappa shape index (κ1) is 29.8. The Kier molecular flexibility index (Phi) is 7.73. The molecule has 0 radical (unpaired) electrons. The van der Waals surface area contributed by atoms with Crippen molar-refractivity contribution in [2.24, 2.45) is 0 Å². The molecule has 2 aromatic carbocycles. The highest BCUT2D eigenvalue weighted by Gasteiger charge is 2.72. The van der Waals surface area contributed by atoms with Gasteiger partial charge in [0.1, 0.15) is 5.76 Å². The van der Waals surface area contributed by atoms with E-state index in [4.69, 9.17) is 24.1 Å². The zero-order chi connectivity index (χ0) is 29.1. The maximum Gasteiger partial charge on any atom is 0.357 e. The Labute approximate surface area is 248 Å². The number of halogens is 1. The minimum absolute atomic E-state index is 0. The van der Waals surface area contributed by atoms with Gasteiger partial charge in [-0.1, -0.05) is 36.4 Å². The van der Waals surface area contributed by atoms with Gasteiger partial charge >= 0.3 is 17.9 Å². The van der Waals surface area contributed by atoms with Gasteiger partial charge < -0.3 is 39.2 Å². The summed E-state index contributed by atoms with van der Waals surface area (Å²) in [5, 5.41) is 30.9. The zero-order valence-electron chi connectivity index (χ0n) is 23.0. The highest BCUT2D eigenvalue weighted by atomic mass is 35.5. The number of carbonyl (C=O) groups excluding carboxylic acids is 2. The molecule has 0 saturated carbocycles. The number of aliphatic carboxylic acids is 1. The summed E-state index contributed by atoms with van der Waals surface area (Å²) in [5.41, 5.74) is 0.146. The summed E-state index contributed by atoms with van der Waals surface area (Å²) in [6.07, 6.45) is -2.14. The van der Waals surface area contributed by atoms with Crippen LogP contribution in [0.1, 0.15) is 42.1 Å². The van der Waals surface area contributed by atoms with Crippen LogP contribution in [-0.2, 0) is 35.7 Å². The Bertz CT molecular complexity index is 1450. The fourth-order valence-electron chi connectivity index (χ4n) is 7.06. The number of methoxy groups -OCH3 is 1. The SMILES string of the molecule is COc1ccc2c3c1O[C@H]1C(OC(=O)[C@@H](OC(=O)CC(O)C(=O)O)c4ccccc4)=CC[C@@]4(O)[C@@H](C2)N(C)CC[C@]314.Cl. The molecule has 224 valence electrons. The van der Waals surface area contributed by atoms with E-state index in [1.807, 2.05) is 19.2 Å². The second kappa shape index (κ2) is 10.9. The topological polar surface area (TPSA) is 152 Å². The van der Waals surface area contributed by atoms with Crippen molar-refractivity contribution in [3.8, 4) is 11.5 Å². The molecule has 6 atom stereocenters. The maximum atomic E-state index is 13.6. The molecule has 1 fully saturated rings. The van der Waals surface area contributed by atoms with Crippen molar-refractivity contribution in [3.05, 3.63) is 71.0 Å². The lowest BCUT2D eigenvalue weighted by Crippen LogP contribution is -2.74. The Morgan fingerprint density at radius 1 is 1.17 bits per heavy atom. The van der Waals surface area contributed by atoms with Crippen molar-refractivity contribution in [2.75, 3.05) is 20.7 Å². The average Bonchev–Trinajstić information content (AvgIpc) is 3.31. The molecule has 2 aromatic rings. The monoisotopic (exact) mass is 601 g/mol. The first-order chi connectivity index (χ1) is 19.6. The number of benzene rings is 2. The molecular weight excluding hydrogens is 570 g/mol. The first-order valence-electron chi connectivity index (χ1n) is 13.5. The van der Waals surface area contributed by atoms with Crippen LogP contribution in [0.5, 0.6) is 11.5 Å². The number of nitrogens with zero attached hydrogens (tertiary/aromatic N) is 1. The molecule has 4 aliphatic rings. The third kappa shape index (κ3) is 4.34. The third-order valence-electron chi connectivity index (χ3n) is 8.99. The molecular formula is C30H32ClNO10. The number of carbonyl (C=O) groups is 3. The normalized spacial score (nSPS) is 28.1. The van der Waals surface area contributed by atoms with Crippen LogP contribution in [0.15, 0.2) is 54.3 Å². The highest BCUT2D eigenvalue weighted by Crippen LogP contribution is 2.65. The van der Waals surface area contributed by atoms with Crippen molar-refractivity contribution in [2.45, 2.75) is 61.1 Å². The number of piperidine rings is 1. The lowest BCUT2D eigenvalue weighted by atomic mass is 9.50. The molecule has 11 nitrogen and oxygen atoms in total. The lowest BCUT2D eigenvalue weighted by Gasteiger charge is -2.61. The Balaban J connectivity index is 0.00000353. The van der Waals surface area contributed by atoms with Crippen molar-refractivity contribution in [1.29, 1.82) is 0 Å². The quantitative estimate of drug-likeness (QED) is 0.381. The molecule has 3 N–H and O–H groups in total. The van der Waals surface area contributed by atoms with Gasteiger partial charge in [-0.05, 0) is 44.1 Å². The van der Waals surface area contributed by atoms with Crippen molar-refractivity contribution in [1.82, 2.24) is 4.90 Å². The number of rotatable bonds is 8. The van der Waals surface area contributed by atoms with E-state index in [1.165, 1.54) is 0 Å². The minimum Gasteiger partial charge on any atom is -0.493 e. The summed E-state index contributed by atoms with van der Waals surface area (Å²) < 4.78 is 23.4. The summed E-state index contributed by atoms with van der Waals surface area (Å²) in [7, 11) is 3.54. The highest BCUT2D eigenvalue weighted by molar-refractivity contribution is 5.85. The van der Waals surface area contributed by atoms with Crippen LogP contribution in [0.3, 0.4) is 0 Å². The number of likely N-dealkylation sites (N-methyl/N-ethyl adjacent to an activating group) is 1. The predicted octanol–water partition coefficient (Wildman–Crippen LogP) is 2.06. The predicted molar refractivity (Wildman–Crippen MR) is 148 cm³/mol. The fraction of sp³-hybridized carbons (Fsp3) is 0.433. The molecule has 6 rings (SSSR count). The molecule has 42 heavy (non-hydrogen) atoms. The smallest absolute Gasteiger partial charge is 0.357 e.